The van der Waals surface area contributed by atoms with Crippen LogP contribution in [0.15, 0.2) is 346 Å². The maximum Gasteiger partial charge on any atom is 0.252 e. The molecule has 0 atom stereocenters. The van der Waals surface area contributed by atoms with Crippen LogP contribution in [0.2, 0.25) is 0 Å². The fourth-order valence-electron chi connectivity index (χ4n) is 16.2. The van der Waals surface area contributed by atoms with Crippen molar-refractivity contribution in [3.05, 3.63) is 346 Å². The SMILES string of the molecule is c1ccc(-c2cccc(-c3ccccc3)c2N2c3cc4c(cc3B3c5cc6c7ccccc7n(-c7ccccc7)c6cc5N(c5c(-c6ccccc6)cccc5-c5ccccc5)c5cc(-c6ccc7sc8ccccc8c7c6)cc2c53)c2ccccc2n4-c2ccccc2)cc1. The molecule has 4 nitrogen and oxygen atoms in total. The summed E-state index contributed by atoms with van der Waals surface area (Å²) < 4.78 is 7.54. The van der Waals surface area contributed by atoms with Crippen LogP contribution < -0.4 is 26.2 Å². The summed E-state index contributed by atoms with van der Waals surface area (Å²) in [6.45, 7) is -0.274. The summed E-state index contributed by atoms with van der Waals surface area (Å²) in [5, 5.41) is 7.36. The van der Waals surface area contributed by atoms with Crippen LogP contribution in [-0.4, -0.2) is 15.8 Å². The van der Waals surface area contributed by atoms with E-state index in [1.165, 1.54) is 58.1 Å². The summed E-state index contributed by atoms with van der Waals surface area (Å²) in [7, 11) is 0. The first-order valence-electron chi connectivity index (χ1n) is 33.1. The average Bonchev–Trinajstić information content (AvgIpc) is 0.965. The van der Waals surface area contributed by atoms with Crippen LogP contribution in [0.3, 0.4) is 0 Å². The number of fused-ring (bicyclic) bond motifs is 13. The summed E-state index contributed by atoms with van der Waals surface area (Å²) in [6.07, 6.45) is 0. The van der Waals surface area contributed by atoms with E-state index >= 15 is 0 Å². The van der Waals surface area contributed by atoms with E-state index in [1.54, 1.807) is 0 Å². The van der Waals surface area contributed by atoms with Gasteiger partial charge in [0.2, 0.25) is 0 Å². The Kier molecular flexibility index (Phi) is 12.3. The molecule has 18 aromatic rings. The van der Waals surface area contributed by atoms with Crippen molar-refractivity contribution in [1.29, 1.82) is 0 Å². The number of rotatable bonds is 9. The maximum absolute atomic E-state index is 2.70. The molecule has 0 radical (unpaired) electrons. The topological polar surface area (TPSA) is 16.3 Å². The number of benzene rings is 15. The number of hydrogen-bond acceptors (Lipinski definition) is 3. The smallest absolute Gasteiger partial charge is 0.252 e. The molecular formula is C90H57BN4S. The Balaban J connectivity index is 1.01. The van der Waals surface area contributed by atoms with Crippen LogP contribution in [0.1, 0.15) is 0 Å². The molecule has 2 aliphatic rings. The molecule has 20 rings (SSSR count). The molecule has 0 bridgehead atoms. The quantitative estimate of drug-likeness (QED) is 0.134. The van der Waals surface area contributed by atoms with Crippen molar-refractivity contribution in [3.63, 3.8) is 0 Å². The fraction of sp³-hybridized carbons (Fsp3) is 0. The second-order valence-electron chi connectivity index (χ2n) is 25.4. The van der Waals surface area contributed by atoms with Crippen LogP contribution in [-0.2, 0) is 0 Å². The lowest BCUT2D eigenvalue weighted by atomic mass is 9.33. The lowest BCUT2D eigenvalue weighted by molar-refractivity contribution is 1.17. The fourth-order valence-corrected chi connectivity index (χ4v) is 17.2. The van der Waals surface area contributed by atoms with Gasteiger partial charge in [-0.2, -0.15) is 0 Å². The lowest BCUT2D eigenvalue weighted by Gasteiger charge is -2.46. The number of nitrogens with zero attached hydrogens (tertiary/aromatic N) is 4. The molecule has 96 heavy (non-hydrogen) atoms. The van der Waals surface area contributed by atoms with E-state index in [-0.39, 0.29) is 6.71 Å². The minimum atomic E-state index is -0.274. The van der Waals surface area contributed by atoms with Gasteiger partial charge in [-0.1, -0.05) is 267 Å². The van der Waals surface area contributed by atoms with Gasteiger partial charge in [0.05, 0.1) is 33.4 Å². The second-order valence-corrected chi connectivity index (χ2v) is 26.5. The third-order valence-electron chi connectivity index (χ3n) is 20.2. The highest BCUT2D eigenvalue weighted by atomic mass is 32.1. The Labute approximate surface area is 560 Å². The lowest BCUT2D eigenvalue weighted by Crippen LogP contribution is -2.61. The predicted octanol–water partition coefficient (Wildman–Crippen LogP) is 22.7. The molecule has 6 heteroatoms. The largest absolute Gasteiger partial charge is 0.310 e. The average molecular weight is 1240 g/mol. The zero-order valence-corrected chi connectivity index (χ0v) is 53.0. The van der Waals surface area contributed by atoms with Crippen LogP contribution in [0.25, 0.3) is 131 Å². The molecule has 3 aromatic heterocycles. The number of anilines is 6. The molecule has 0 saturated heterocycles. The highest BCUT2D eigenvalue weighted by Crippen LogP contribution is 2.55. The highest BCUT2D eigenvalue weighted by Gasteiger charge is 2.46. The van der Waals surface area contributed by atoms with E-state index in [0.29, 0.717) is 0 Å². The van der Waals surface area contributed by atoms with Gasteiger partial charge in [0.15, 0.2) is 0 Å². The molecule has 0 aliphatic carbocycles. The summed E-state index contributed by atoms with van der Waals surface area (Å²) in [5.41, 5.74) is 28.7. The van der Waals surface area contributed by atoms with E-state index in [0.717, 1.165) is 123 Å². The summed E-state index contributed by atoms with van der Waals surface area (Å²) in [5.74, 6) is 0. The zero-order chi connectivity index (χ0) is 63.0. The van der Waals surface area contributed by atoms with E-state index in [9.17, 15) is 0 Å². The van der Waals surface area contributed by atoms with Crippen LogP contribution in [0, 0.1) is 0 Å². The third-order valence-corrected chi connectivity index (χ3v) is 21.4. The van der Waals surface area contributed by atoms with Gasteiger partial charge in [-0.3, -0.25) is 0 Å². The van der Waals surface area contributed by atoms with Gasteiger partial charge in [-0.05, 0) is 129 Å². The maximum atomic E-state index is 2.70. The van der Waals surface area contributed by atoms with E-state index in [2.05, 4.69) is 365 Å². The number of hydrogen-bond donors (Lipinski definition) is 0. The molecule has 0 unspecified atom stereocenters. The van der Waals surface area contributed by atoms with Gasteiger partial charge in [0, 0.05) is 98.1 Å². The first-order chi connectivity index (χ1) is 47.7. The standard InChI is InChI=1S/C90H57BN4S/c1-7-27-58(28-8-1)66-42-25-43-67(59-29-9-2-10-30-59)89(66)94-82-56-80-73(70-39-19-22-46-78(70)92(80)64-35-15-5-16-36-64)54-76(82)91-77-55-74-71-40-20-23-47-79(71)93(65-37-17-6-18-38-65)81(74)57-83(77)95(90-68(60-31-11-3-12-32-60)44-26-45-69(90)61-33-13-4-14-34-61)85-53-63(52-84(94)88(85)91)62-49-50-87-75(51-62)72-41-21-24-48-86(72)96-87/h1-57H. The molecule has 5 heterocycles. The Morgan fingerprint density at radius 1 is 0.229 bits per heavy atom. The normalized spacial score (nSPS) is 12.5. The molecule has 0 amide bonds. The summed E-state index contributed by atoms with van der Waals surface area (Å²) in [6, 6.07) is 130. The summed E-state index contributed by atoms with van der Waals surface area (Å²) >= 11 is 1.87. The number of aromatic nitrogens is 2. The number of thiophene rings is 1. The van der Waals surface area contributed by atoms with Crippen molar-refractivity contribution in [2.45, 2.75) is 0 Å². The predicted molar refractivity (Wildman–Crippen MR) is 409 cm³/mol. The van der Waals surface area contributed by atoms with Crippen LogP contribution >= 0.6 is 11.3 Å². The van der Waals surface area contributed by atoms with Gasteiger partial charge in [0.25, 0.3) is 6.71 Å². The Bertz CT molecular complexity index is 5710. The van der Waals surface area contributed by atoms with E-state index < -0.39 is 0 Å². The van der Waals surface area contributed by atoms with Crippen LogP contribution in [0.5, 0.6) is 0 Å². The van der Waals surface area contributed by atoms with Gasteiger partial charge in [-0.15, -0.1) is 11.3 Å². The molecule has 15 aromatic carbocycles. The van der Waals surface area contributed by atoms with Gasteiger partial charge in [0.1, 0.15) is 0 Å². The number of para-hydroxylation sites is 6. The first-order valence-corrected chi connectivity index (χ1v) is 33.9. The van der Waals surface area contributed by atoms with Crippen molar-refractivity contribution in [3.8, 4) is 67.0 Å². The molecule has 0 N–H and O–H groups in total. The van der Waals surface area contributed by atoms with E-state index in [1.807, 2.05) is 11.3 Å². The Hall–Kier alpha value is -12.2. The van der Waals surface area contributed by atoms with Crippen LogP contribution in [0.4, 0.5) is 34.1 Å². The molecule has 0 spiro atoms. The molecule has 0 fully saturated rings. The minimum absolute atomic E-state index is 0.274. The van der Waals surface area contributed by atoms with Crippen molar-refractivity contribution in [2.24, 2.45) is 0 Å². The summed E-state index contributed by atoms with van der Waals surface area (Å²) in [4.78, 5) is 5.40. The third kappa shape index (κ3) is 8.29. The molecular weight excluding hydrogens is 1180 g/mol. The van der Waals surface area contributed by atoms with Gasteiger partial charge >= 0.3 is 0 Å². The van der Waals surface area contributed by atoms with Gasteiger partial charge < -0.3 is 18.9 Å². The first kappa shape index (κ1) is 54.4. The van der Waals surface area contributed by atoms with Crippen molar-refractivity contribution < 1.29 is 0 Å². The van der Waals surface area contributed by atoms with Crippen molar-refractivity contribution >= 4 is 132 Å². The molecule has 2 aliphatic heterocycles. The second kappa shape index (κ2) is 21.7. The zero-order valence-electron chi connectivity index (χ0n) is 52.2. The molecule has 0 saturated carbocycles. The van der Waals surface area contributed by atoms with Crippen molar-refractivity contribution in [1.82, 2.24) is 9.13 Å². The van der Waals surface area contributed by atoms with Gasteiger partial charge in [-0.25, -0.2) is 0 Å². The Morgan fingerprint density at radius 2 is 0.604 bits per heavy atom. The monoisotopic (exact) mass is 1240 g/mol. The Morgan fingerprint density at radius 3 is 1.04 bits per heavy atom. The van der Waals surface area contributed by atoms with E-state index in [4.69, 9.17) is 0 Å². The molecule has 446 valence electrons. The van der Waals surface area contributed by atoms with Crippen molar-refractivity contribution in [2.75, 3.05) is 9.80 Å². The highest BCUT2D eigenvalue weighted by molar-refractivity contribution is 7.25. The minimum Gasteiger partial charge on any atom is -0.310 e.